The molecule has 0 spiro atoms. The Balaban J connectivity index is 2.37. The molecule has 4 heteroatoms. The fourth-order valence-corrected chi connectivity index (χ4v) is 1.54. The van der Waals surface area contributed by atoms with Gasteiger partial charge in [0.1, 0.15) is 0 Å². The molecule has 2 N–H and O–H groups in total. The van der Waals surface area contributed by atoms with Gasteiger partial charge >= 0.3 is 6.09 Å². The zero-order valence-corrected chi connectivity index (χ0v) is 7.25. The molecule has 0 aromatic carbocycles. The van der Waals surface area contributed by atoms with Crippen LogP contribution >= 0.6 is 0 Å². The fourth-order valence-electron chi connectivity index (χ4n) is 1.54. The molecule has 1 rings (SSSR count). The monoisotopic (exact) mass is 173 g/mol. The molecule has 1 aliphatic heterocycles. The van der Waals surface area contributed by atoms with Crippen molar-refractivity contribution in [2.24, 2.45) is 0 Å². The lowest BCUT2D eigenvalue weighted by Crippen LogP contribution is -2.41. The van der Waals surface area contributed by atoms with E-state index < -0.39 is 6.09 Å². The molecule has 2 atom stereocenters. The normalized spacial score (nSPS) is 25.2. The molecule has 0 aromatic heterocycles. The van der Waals surface area contributed by atoms with Gasteiger partial charge in [-0.3, -0.25) is 0 Å². The molecule has 1 aliphatic rings. The van der Waals surface area contributed by atoms with Crippen molar-refractivity contribution in [3.8, 4) is 0 Å². The van der Waals surface area contributed by atoms with Gasteiger partial charge in [-0.2, -0.15) is 0 Å². The van der Waals surface area contributed by atoms with E-state index in [1.54, 1.807) is 0 Å². The van der Waals surface area contributed by atoms with Gasteiger partial charge in [0.15, 0.2) is 0 Å². The first-order chi connectivity index (χ1) is 5.74. The van der Waals surface area contributed by atoms with Crippen LogP contribution in [0.1, 0.15) is 26.2 Å². The zero-order valence-electron chi connectivity index (χ0n) is 7.25. The zero-order chi connectivity index (χ0) is 8.97. The molecule has 70 valence electrons. The van der Waals surface area contributed by atoms with Gasteiger partial charge in [-0.05, 0) is 19.3 Å². The molecule has 4 nitrogen and oxygen atoms in total. The van der Waals surface area contributed by atoms with E-state index in [9.17, 15) is 4.79 Å². The highest BCUT2D eigenvalue weighted by Crippen LogP contribution is 2.17. The maximum Gasteiger partial charge on any atom is 0.404 e. The van der Waals surface area contributed by atoms with Gasteiger partial charge in [-0.25, -0.2) is 4.79 Å². The minimum absolute atomic E-state index is 0.0370. The maximum absolute atomic E-state index is 10.4. The molecular formula is C8H15NO3. The highest BCUT2D eigenvalue weighted by atomic mass is 16.5. The smallest absolute Gasteiger partial charge is 0.404 e. The second kappa shape index (κ2) is 4.30. The Morgan fingerprint density at radius 2 is 2.58 bits per heavy atom. The van der Waals surface area contributed by atoms with Crippen molar-refractivity contribution in [2.75, 3.05) is 6.61 Å². The highest BCUT2D eigenvalue weighted by Gasteiger charge is 2.25. The van der Waals surface area contributed by atoms with Crippen LogP contribution < -0.4 is 5.32 Å². The van der Waals surface area contributed by atoms with Crippen molar-refractivity contribution in [3.63, 3.8) is 0 Å². The summed E-state index contributed by atoms with van der Waals surface area (Å²) in [6.07, 6.45) is 1.93. The summed E-state index contributed by atoms with van der Waals surface area (Å²) in [5, 5.41) is 11.0. The van der Waals surface area contributed by atoms with Crippen molar-refractivity contribution in [2.45, 2.75) is 38.3 Å². The number of carboxylic acid groups (broad SMARTS) is 1. The summed E-state index contributed by atoms with van der Waals surface area (Å²) in [4.78, 5) is 10.4. The minimum atomic E-state index is -0.961. The summed E-state index contributed by atoms with van der Waals surface area (Å²) in [5.74, 6) is 0. The number of ether oxygens (including phenoxy) is 1. The van der Waals surface area contributed by atoms with E-state index in [1.165, 1.54) is 0 Å². The van der Waals surface area contributed by atoms with Gasteiger partial charge in [0, 0.05) is 6.61 Å². The quantitative estimate of drug-likeness (QED) is 0.674. The molecule has 0 unspecified atom stereocenters. The molecule has 12 heavy (non-hydrogen) atoms. The largest absolute Gasteiger partial charge is 0.465 e. The number of hydrogen-bond acceptors (Lipinski definition) is 2. The average molecular weight is 173 g/mol. The molecule has 0 saturated carbocycles. The molecule has 0 radical (unpaired) electrons. The van der Waals surface area contributed by atoms with Gasteiger partial charge in [0.05, 0.1) is 12.1 Å². The fraction of sp³-hybridized carbons (Fsp3) is 0.875. The van der Waals surface area contributed by atoms with E-state index in [1.807, 2.05) is 6.92 Å². The first-order valence-corrected chi connectivity index (χ1v) is 4.35. The summed E-state index contributed by atoms with van der Waals surface area (Å²) >= 11 is 0. The third-order valence-electron chi connectivity index (χ3n) is 2.16. The Kier molecular flexibility index (Phi) is 3.34. The van der Waals surface area contributed by atoms with Crippen molar-refractivity contribution in [1.82, 2.24) is 5.32 Å². The van der Waals surface area contributed by atoms with Crippen LogP contribution in [0.15, 0.2) is 0 Å². The second-order valence-corrected chi connectivity index (χ2v) is 3.02. The van der Waals surface area contributed by atoms with E-state index in [0.717, 1.165) is 25.9 Å². The number of carbonyl (C=O) groups is 1. The number of nitrogens with one attached hydrogen (secondary N) is 1. The van der Waals surface area contributed by atoms with Crippen LogP contribution in [0.2, 0.25) is 0 Å². The molecule has 0 bridgehead atoms. The van der Waals surface area contributed by atoms with E-state index in [4.69, 9.17) is 9.84 Å². The van der Waals surface area contributed by atoms with Crippen LogP contribution in [-0.4, -0.2) is 30.0 Å². The summed E-state index contributed by atoms with van der Waals surface area (Å²) in [7, 11) is 0. The molecule has 1 saturated heterocycles. The molecule has 0 aromatic rings. The number of hydrogen-bond donors (Lipinski definition) is 2. The SMILES string of the molecule is CC[C@@H](NC(=O)O)[C@H]1CCCO1. The van der Waals surface area contributed by atoms with Crippen molar-refractivity contribution in [1.29, 1.82) is 0 Å². The second-order valence-electron chi connectivity index (χ2n) is 3.02. The summed E-state index contributed by atoms with van der Waals surface area (Å²) in [6.45, 7) is 2.73. The van der Waals surface area contributed by atoms with Crippen LogP contribution in [0.5, 0.6) is 0 Å². The summed E-state index contributed by atoms with van der Waals surface area (Å²) in [5.41, 5.74) is 0. The predicted molar refractivity (Wildman–Crippen MR) is 44.2 cm³/mol. The molecule has 1 fully saturated rings. The first kappa shape index (κ1) is 9.32. The predicted octanol–water partition coefficient (Wildman–Crippen LogP) is 1.21. The first-order valence-electron chi connectivity index (χ1n) is 4.35. The Labute approximate surface area is 71.9 Å². The van der Waals surface area contributed by atoms with Crippen molar-refractivity contribution in [3.05, 3.63) is 0 Å². The van der Waals surface area contributed by atoms with Crippen LogP contribution in [0, 0.1) is 0 Å². The lowest BCUT2D eigenvalue weighted by Gasteiger charge is -2.20. The number of rotatable bonds is 3. The Bertz CT molecular complexity index is 154. The van der Waals surface area contributed by atoms with Gasteiger partial charge < -0.3 is 15.2 Å². The standard InChI is InChI=1S/C8H15NO3/c1-2-6(9-8(10)11)7-4-3-5-12-7/h6-7,9H,2-5H2,1H3,(H,10,11)/t6-,7-/m1/s1. The molecule has 1 heterocycles. The molecule has 1 amide bonds. The third-order valence-corrected chi connectivity index (χ3v) is 2.16. The summed E-state index contributed by atoms with van der Waals surface area (Å²) < 4.78 is 5.38. The van der Waals surface area contributed by atoms with Crippen LogP contribution in [0.4, 0.5) is 4.79 Å². The Morgan fingerprint density at radius 1 is 1.83 bits per heavy atom. The van der Waals surface area contributed by atoms with E-state index in [-0.39, 0.29) is 12.1 Å². The lowest BCUT2D eigenvalue weighted by molar-refractivity contribution is 0.0757. The van der Waals surface area contributed by atoms with Gasteiger partial charge in [0.2, 0.25) is 0 Å². The topological polar surface area (TPSA) is 58.6 Å². The summed E-state index contributed by atoms with van der Waals surface area (Å²) in [6, 6.07) is -0.0370. The molecular weight excluding hydrogens is 158 g/mol. The van der Waals surface area contributed by atoms with Gasteiger partial charge in [0.25, 0.3) is 0 Å². The van der Waals surface area contributed by atoms with Crippen LogP contribution in [-0.2, 0) is 4.74 Å². The van der Waals surface area contributed by atoms with E-state index in [0.29, 0.717) is 0 Å². The van der Waals surface area contributed by atoms with Gasteiger partial charge in [-0.15, -0.1) is 0 Å². The van der Waals surface area contributed by atoms with Crippen LogP contribution in [0.3, 0.4) is 0 Å². The van der Waals surface area contributed by atoms with Crippen molar-refractivity contribution < 1.29 is 14.6 Å². The van der Waals surface area contributed by atoms with E-state index in [2.05, 4.69) is 5.32 Å². The minimum Gasteiger partial charge on any atom is -0.465 e. The Hall–Kier alpha value is -0.770. The maximum atomic E-state index is 10.4. The third kappa shape index (κ3) is 2.37. The lowest BCUT2D eigenvalue weighted by atomic mass is 10.1. The highest BCUT2D eigenvalue weighted by molar-refractivity contribution is 5.64. The average Bonchev–Trinajstić information content (AvgIpc) is 2.51. The number of amides is 1. The van der Waals surface area contributed by atoms with Crippen molar-refractivity contribution >= 4 is 6.09 Å². The Morgan fingerprint density at radius 3 is 3.00 bits per heavy atom. The van der Waals surface area contributed by atoms with Gasteiger partial charge in [-0.1, -0.05) is 6.92 Å². The van der Waals surface area contributed by atoms with E-state index >= 15 is 0 Å². The molecule has 0 aliphatic carbocycles. The van der Waals surface area contributed by atoms with Crippen LogP contribution in [0.25, 0.3) is 0 Å².